The summed E-state index contributed by atoms with van der Waals surface area (Å²) < 4.78 is 18.2. The van der Waals surface area contributed by atoms with Gasteiger partial charge in [0.1, 0.15) is 5.82 Å². The Bertz CT molecular complexity index is 969. The number of rotatable bonds is 9. The number of aromatic nitrogens is 2. The number of nitrogens with one attached hydrogen (secondary N) is 1. The van der Waals surface area contributed by atoms with Crippen LogP contribution in [0.4, 0.5) is 4.39 Å². The maximum absolute atomic E-state index is 13.0. The van der Waals surface area contributed by atoms with E-state index in [0.29, 0.717) is 36.3 Å². The lowest BCUT2D eigenvalue weighted by molar-refractivity contribution is -0.121. The smallest absolute Gasteiger partial charge is 0.227 e. The van der Waals surface area contributed by atoms with Gasteiger partial charge in [-0.3, -0.25) is 9.69 Å². The summed E-state index contributed by atoms with van der Waals surface area (Å²) in [6.45, 7) is 5.62. The van der Waals surface area contributed by atoms with Crippen LogP contribution in [0.2, 0.25) is 0 Å². The van der Waals surface area contributed by atoms with Crippen LogP contribution in [0.15, 0.2) is 53.1 Å². The summed E-state index contributed by atoms with van der Waals surface area (Å²) in [6, 6.07) is 14.4. The van der Waals surface area contributed by atoms with E-state index in [1.807, 2.05) is 18.2 Å². The molecule has 0 saturated heterocycles. The molecule has 1 N–H and O–H groups in total. The van der Waals surface area contributed by atoms with Crippen molar-refractivity contribution in [1.29, 1.82) is 0 Å². The maximum Gasteiger partial charge on any atom is 0.227 e. The summed E-state index contributed by atoms with van der Waals surface area (Å²) in [6.07, 6.45) is 0.594. The zero-order chi connectivity index (χ0) is 21.5. The van der Waals surface area contributed by atoms with Gasteiger partial charge in [-0.1, -0.05) is 29.4 Å². The third kappa shape index (κ3) is 5.97. The molecule has 0 aliphatic rings. The fourth-order valence-electron chi connectivity index (χ4n) is 2.91. The van der Waals surface area contributed by atoms with E-state index < -0.39 is 0 Å². The lowest BCUT2D eigenvalue weighted by Crippen LogP contribution is -2.27. The van der Waals surface area contributed by atoms with Crippen LogP contribution >= 0.6 is 0 Å². The van der Waals surface area contributed by atoms with E-state index in [4.69, 9.17) is 4.52 Å². The molecule has 0 bridgehead atoms. The number of benzene rings is 2. The van der Waals surface area contributed by atoms with Gasteiger partial charge in [-0.25, -0.2) is 4.39 Å². The Morgan fingerprint density at radius 1 is 1.13 bits per heavy atom. The molecule has 0 saturated carbocycles. The van der Waals surface area contributed by atoms with Crippen molar-refractivity contribution >= 4 is 5.91 Å². The predicted octanol–water partition coefficient (Wildman–Crippen LogP) is 3.96. The van der Waals surface area contributed by atoms with Crippen LogP contribution in [0.5, 0.6) is 0 Å². The number of carbonyl (C=O) groups excluding carboxylic acids is 1. The molecule has 0 atom stereocenters. The molecule has 0 unspecified atom stereocenters. The Balaban J connectivity index is 1.51. The lowest BCUT2D eigenvalue weighted by atomic mass is 10.1. The molecule has 2 aromatic carbocycles. The minimum absolute atomic E-state index is 0.0800. The molecule has 3 aromatic rings. The van der Waals surface area contributed by atoms with Gasteiger partial charge in [0.15, 0.2) is 0 Å². The molecule has 1 amide bonds. The molecule has 1 heterocycles. The Labute approximate surface area is 176 Å². The van der Waals surface area contributed by atoms with E-state index >= 15 is 0 Å². The van der Waals surface area contributed by atoms with Crippen molar-refractivity contribution in [3.63, 3.8) is 0 Å². The summed E-state index contributed by atoms with van der Waals surface area (Å²) in [4.78, 5) is 18.8. The van der Waals surface area contributed by atoms with Crippen molar-refractivity contribution in [2.75, 3.05) is 7.05 Å². The Morgan fingerprint density at radius 3 is 2.53 bits per heavy atom. The van der Waals surface area contributed by atoms with E-state index in [0.717, 1.165) is 12.1 Å². The number of hydrogen-bond donors (Lipinski definition) is 1. The normalized spacial score (nSPS) is 11.3. The van der Waals surface area contributed by atoms with Crippen LogP contribution in [0.25, 0.3) is 11.4 Å². The number of hydrogen-bond acceptors (Lipinski definition) is 5. The standard InChI is InChI=1S/C23H27FN4O2/c1-16(2)28(3)15-19-7-5-4-6-18(19)14-25-21(29)12-13-22-26-23(27-30-22)17-8-10-20(24)11-9-17/h4-11,16H,12-15H2,1-3H3,(H,25,29). The molecule has 30 heavy (non-hydrogen) atoms. The first kappa shape index (κ1) is 21.6. The highest BCUT2D eigenvalue weighted by Crippen LogP contribution is 2.17. The Hall–Kier alpha value is -3.06. The summed E-state index contributed by atoms with van der Waals surface area (Å²) in [7, 11) is 2.09. The van der Waals surface area contributed by atoms with Crippen molar-refractivity contribution in [3.8, 4) is 11.4 Å². The summed E-state index contributed by atoms with van der Waals surface area (Å²) in [5.74, 6) is 0.358. The molecule has 0 fully saturated rings. The van der Waals surface area contributed by atoms with E-state index in [-0.39, 0.29) is 18.1 Å². The molecule has 0 radical (unpaired) electrons. The van der Waals surface area contributed by atoms with Crippen molar-refractivity contribution in [1.82, 2.24) is 20.4 Å². The van der Waals surface area contributed by atoms with Crippen LogP contribution in [0.1, 0.15) is 37.3 Å². The highest BCUT2D eigenvalue weighted by atomic mass is 19.1. The predicted molar refractivity (Wildman–Crippen MR) is 113 cm³/mol. The lowest BCUT2D eigenvalue weighted by Gasteiger charge is -2.22. The second kappa shape index (κ2) is 10.1. The van der Waals surface area contributed by atoms with Gasteiger partial charge in [0.2, 0.25) is 17.6 Å². The fraction of sp³-hybridized carbons (Fsp3) is 0.348. The average Bonchev–Trinajstić information content (AvgIpc) is 3.21. The largest absolute Gasteiger partial charge is 0.352 e. The van der Waals surface area contributed by atoms with Gasteiger partial charge in [0, 0.05) is 37.5 Å². The van der Waals surface area contributed by atoms with Gasteiger partial charge in [0.05, 0.1) is 0 Å². The van der Waals surface area contributed by atoms with Crippen molar-refractivity contribution in [2.24, 2.45) is 0 Å². The molecule has 0 aliphatic heterocycles. The van der Waals surface area contributed by atoms with Crippen LogP contribution in [0.3, 0.4) is 0 Å². The third-order valence-electron chi connectivity index (χ3n) is 5.03. The molecule has 0 aliphatic carbocycles. The maximum atomic E-state index is 13.0. The number of nitrogens with zero attached hydrogens (tertiary/aromatic N) is 3. The SMILES string of the molecule is CC(C)N(C)Cc1ccccc1CNC(=O)CCc1nc(-c2ccc(F)cc2)no1. The Kier molecular flexibility index (Phi) is 7.30. The monoisotopic (exact) mass is 410 g/mol. The molecular weight excluding hydrogens is 383 g/mol. The number of halogens is 1. The fourth-order valence-corrected chi connectivity index (χ4v) is 2.91. The molecule has 7 heteroatoms. The van der Waals surface area contributed by atoms with Crippen molar-refractivity contribution in [2.45, 2.75) is 45.8 Å². The third-order valence-corrected chi connectivity index (χ3v) is 5.03. The first-order valence-electron chi connectivity index (χ1n) is 10.0. The zero-order valence-electron chi connectivity index (χ0n) is 17.6. The zero-order valence-corrected chi connectivity index (χ0v) is 17.6. The molecular formula is C23H27FN4O2. The second-order valence-corrected chi connectivity index (χ2v) is 7.57. The topological polar surface area (TPSA) is 71.3 Å². The van der Waals surface area contributed by atoms with E-state index in [9.17, 15) is 9.18 Å². The quantitative estimate of drug-likeness (QED) is 0.578. The first-order chi connectivity index (χ1) is 14.4. The van der Waals surface area contributed by atoms with Crippen molar-refractivity contribution < 1.29 is 13.7 Å². The van der Waals surface area contributed by atoms with E-state index in [1.54, 1.807) is 12.1 Å². The minimum atomic E-state index is -0.323. The second-order valence-electron chi connectivity index (χ2n) is 7.57. The van der Waals surface area contributed by atoms with E-state index in [2.05, 4.69) is 47.3 Å². The molecule has 3 rings (SSSR count). The molecule has 0 spiro atoms. The summed E-state index contributed by atoms with van der Waals surface area (Å²) in [5.41, 5.74) is 2.98. The van der Waals surface area contributed by atoms with Gasteiger partial charge >= 0.3 is 0 Å². The van der Waals surface area contributed by atoms with Gasteiger partial charge in [-0.2, -0.15) is 4.98 Å². The van der Waals surface area contributed by atoms with Crippen molar-refractivity contribution in [3.05, 3.63) is 71.4 Å². The summed E-state index contributed by atoms with van der Waals surface area (Å²) in [5, 5.41) is 6.86. The number of aryl methyl sites for hydroxylation is 1. The summed E-state index contributed by atoms with van der Waals surface area (Å²) >= 11 is 0. The highest BCUT2D eigenvalue weighted by Gasteiger charge is 2.12. The number of carbonyl (C=O) groups is 1. The van der Waals surface area contributed by atoms with Crippen LogP contribution in [-0.2, 0) is 24.3 Å². The van der Waals surface area contributed by atoms with Gasteiger partial charge < -0.3 is 9.84 Å². The Morgan fingerprint density at radius 2 is 1.83 bits per heavy atom. The van der Waals surface area contributed by atoms with Crippen LogP contribution < -0.4 is 5.32 Å². The molecule has 1 aromatic heterocycles. The van der Waals surface area contributed by atoms with Gasteiger partial charge in [0.25, 0.3) is 0 Å². The van der Waals surface area contributed by atoms with Gasteiger partial charge in [-0.15, -0.1) is 0 Å². The van der Waals surface area contributed by atoms with E-state index in [1.165, 1.54) is 17.7 Å². The molecule has 158 valence electrons. The number of amides is 1. The van der Waals surface area contributed by atoms with Crippen LogP contribution in [0, 0.1) is 5.82 Å². The van der Waals surface area contributed by atoms with Gasteiger partial charge in [-0.05, 0) is 56.3 Å². The minimum Gasteiger partial charge on any atom is -0.352 e. The molecule has 6 nitrogen and oxygen atoms in total. The highest BCUT2D eigenvalue weighted by molar-refractivity contribution is 5.76. The van der Waals surface area contributed by atoms with Crippen LogP contribution in [-0.4, -0.2) is 34.0 Å². The first-order valence-corrected chi connectivity index (χ1v) is 10.0. The average molecular weight is 410 g/mol.